The van der Waals surface area contributed by atoms with Crippen molar-refractivity contribution < 1.29 is 26.3 Å². The molecule has 0 amide bonds. The number of hydrogen-bond acceptors (Lipinski definition) is 5. The van der Waals surface area contributed by atoms with Gasteiger partial charge in [0.25, 0.3) is 0 Å². The minimum atomic E-state index is -4.61. The summed E-state index contributed by atoms with van der Waals surface area (Å²) >= 11 is 0. The fourth-order valence-electron chi connectivity index (χ4n) is 5.18. The molecule has 2 fully saturated rings. The average molecular weight is 494 g/mol. The summed E-state index contributed by atoms with van der Waals surface area (Å²) in [6.45, 7) is 2.09. The molecule has 0 radical (unpaired) electrons. The summed E-state index contributed by atoms with van der Waals surface area (Å²) < 4.78 is 73.6. The van der Waals surface area contributed by atoms with Gasteiger partial charge in [-0.05, 0) is 48.6 Å². The van der Waals surface area contributed by atoms with Crippen molar-refractivity contribution in [1.82, 2.24) is 4.31 Å². The predicted molar refractivity (Wildman–Crippen MR) is 121 cm³/mol. The van der Waals surface area contributed by atoms with Crippen LogP contribution in [-0.2, 0) is 20.9 Å². The number of nitriles is 1. The molecule has 2 aromatic rings. The van der Waals surface area contributed by atoms with Gasteiger partial charge in [0.2, 0.25) is 10.0 Å². The van der Waals surface area contributed by atoms with Crippen LogP contribution in [0.4, 0.5) is 18.9 Å². The van der Waals surface area contributed by atoms with Crippen molar-refractivity contribution in [3.8, 4) is 6.07 Å². The lowest BCUT2D eigenvalue weighted by Crippen LogP contribution is -2.45. The Labute approximate surface area is 197 Å². The average Bonchev–Trinajstić information content (AvgIpc) is 3.18. The van der Waals surface area contributed by atoms with Gasteiger partial charge in [0.15, 0.2) is 0 Å². The van der Waals surface area contributed by atoms with Gasteiger partial charge in [0, 0.05) is 44.9 Å². The lowest BCUT2D eigenvalue weighted by Gasteiger charge is -2.43. The highest BCUT2D eigenvalue weighted by molar-refractivity contribution is 7.89. The smallest absolute Gasteiger partial charge is 0.384 e. The molecule has 2 aliphatic heterocycles. The van der Waals surface area contributed by atoms with E-state index in [2.05, 4.69) is 0 Å². The van der Waals surface area contributed by atoms with Gasteiger partial charge in [-0.2, -0.15) is 22.7 Å². The summed E-state index contributed by atoms with van der Waals surface area (Å²) in [4.78, 5) is 2.12. The Morgan fingerprint density at radius 1 is 1.15 bits per heavy atom. The number of benzene rings is 2. The second-order valence-electron chi connectivity index (χ2n) is 8.95. The Morgan fingerprint density at radius 2 is 1.82 bits per heavy atom. The summed E-state index contributed by atoms with van der Waals surface area (Å²) in [5, 5.41) is 9.05. The third-order valence-corrected chi connectivity index (χ3v) is 8.91. The van der Waals surface area contributed by atoms with Gasteiger partial charge in [-0.15, -0.1) is 0 Å². The zero-order valence-electron chi connectivity index (χ0n) is 18.8. The highest BCUT2D eigenvalue weighted by atomic mass is 32.2. The van der Waals surface area contributed by atoms with Crippen LogP contribution in [0.5, 0.6) is 0 Å². The second-order valence-corrected chi connectivity index (χ2v) is 10.9. The van der Waals surface area contributed by atoms with E-state index in [1.165, 1.54) is 10.4 Å². The SMILES string of the molecule is COCC1CN(S(=O)(=O)c2ccccc2)CC12CCN(c1ccc(C#N)c(C(F)(F)F)c1)CC2. The quantitative estimate of drug-likeness (QED) is 0.626. The molecule has 182 valence electrons. The summed E-state index contributed by atoms with van der Waals surface area (Å²) in [6, 6.07) is 13.7. The van der Waals surface area contributed by atoms with Crippen LogP contribution in [0, 0.1) is 22.7 Å². The standard InChI is InChI=1S/C24H26F3N3O3S/c1-33-16-19-15-30(34(31,32)21-5-3-2-4-6-21)17-23(19)9-11-29(12-10-23)20-8-7-18(14-28)22(13-20)24(25,26)27/h2-8,13,19H,9-12,15-17H2,1H3. The van der Waals surface area contributed by atoms with Crippen LogP contribution >= 0.6 is 0 Å². The molecule has 2 aliphatic rings. The van der Waals surface area contributed by atoms with Gasteiger partial charge >= 0.3 is 6.18 Å². The number of halogens is 3. The van der Waals surface area contributed by atoms with Gasteiger partial charge in [-0.3, -0.25) is 0 Å². The number of hydrogen-bond donors (Lipinski definition) is 0. The minimum Gasteiger partial charge on any atom is -0.384 e. The first kappa shape index (κ1) is 24.5. The molecule has 2 heterocycles. The van der Waals surface area contributed by atoms with E-state index in [0.717, 1.165) is 6.07 Å². The number of methoxy groups -OCH3 is 1. The van der Waals surface area contributed by atoms with Gasteiger partial charge in [0.05, 0.1) is 28.7 Å². The van der Waals surface area contributed by atoms with Gasteiger partial charge in [-0.25, -0.2) is 8.42 Å². The molecule has 0 saturated carbocycles. The molecule has 10 heteroatoms. The normalized spacial score (nSPS) is 21.0. The third kappa shape index (κ3) is 4.52. The minimum absolute atomic E-state index is 0.00941. The molecule has 2 aromatic carbocycles. The third-order valence-electron chi connectivity index (χ3n) is 7.08. The van der Waals surface area contributed by atoms with Crippen LogP contribution < -0.4 is 4.90 Å². The first-order valence-corrected chi connectivity index (χ1v) is 12.5. The van der Waals surface area contributed by atoms with E-state index in [9.17, 15) is 21.6 Å². The highest BCUT2D eigenvalue weighted by Crippen LogP contribution is 2.47. The molecular weight excluding hydrogens is 467 g/mol. The van der Waals surface area contributed by atoms with E-state index in [4.69, 9.17) is 10.00 Å². The van der Waals surface area contributed by atoms with Crippen molar-refractivity contribution in [2.75, 3.05) is 44.8 Å². The predicted octanol–water partition coefficient (Wildman–Crippen LogP) is 4.13. The lowest BCUT2D eigenvalue weighted by molar-refractivity contribution is -0.137. The van der Waals surface area contributed by atoms with Crippen LogP contribution in [0.2, 0.25) is 0 Å². The van der Waals surface area contributed by atoms with Gasteiger partial charge in [0.1, 0.15) is 0 Å². The van der Waals surface area contributed by atoms with E-state index in [1.807, 2.05) is 4.90 Å². The van der Waals surface area contributed by atoms with Crippen molar-refractivity contribution in [3.63, 3.8) is 0 Å². The van der Waals surface area contributed by atoms with Crippen molar-refractivity contribution in [2.45, 2.75) is 23.9 Å². The van der Waals surface area contributed by atoms with E-state index >= 15 is 0 Å². The summed E-state index contributed by atoms with van der Waals surface area (Å²) in [5.74, 6) is -0.00941. The first-order chi connectivity index (χ1) is 16.1. The van der Waals surface area contributed by atoms with E-state index in [-0.39, 0.29) is 16.2 Å². The molecule has 0 bridgehead atoms. The largest absolute Gasteiger partial charge is 0.417 e. The molecule has 1 unspecified atom stereocenters. The molecule has 1 spiro atoms. The fourth-order valence-corrected chi connectivity index (χ4v) is 6.78. The molecule has 4 rings (SSSR count). The maximum atomic E-state index is 13.4. The fraction of sp³-hybridized carbons (Fsp3) is 0.458. The maximum Gasteiger partial charge on any atom is 0.417 e. The Hall–Kier alpha value is -2.61. The summed E-state index contributed by atoms with van der Waals surface area (Å²) in [5.41, 5.74) is -1.24. The number of rotatable bonds is 5. The molecular formula is C24H26F3N3O3S. The van der Waals surface area contributed by atoms with Crippen molar-refractivity contribution in [3.05, 3.63) is 59.7 Å². The summed E-state index contributed by atoms with van der Waals surface area (Å²) in [7, 11) is -2.06. The summed E-state index contributed by atoms with van der Waals surface area (Å²) in [6.07, 6.45) is -3.36. The topological polar surface area (TPSA) is 73.6 Å². The van der Waals surface area contributed by atoms with Crippen LogP contribution in [0.3, 0.4) is 0 Å². The van der Waals surface area contributed by atoms with Crippen LogP contribution in [0.1, 0.15) is 24.0 Å². The Bertz CT molecular complexity index is 1170. The van der Waals surface area contributed by atoms with Gasteiger partial charge < -0.3 is 9.64 Å². The Balaban J connectivity index is 1.55. The molecule has 34 heavy (non-hydrogen) atoms. The number of sulfonamides is 1. The molecule has 1 atom stereocenters. The van der Waals surface area contributed by atoms with E-state index < -0.39 is 27.3 Å². The Morgan fingerprint density at radius 3 is 2.41 bits per heavy atom. The lowest BCUT2D eigenvalue weighted by atomic mass is 9.71. The monoisotopic (exact) mass is 493 g/mol. The molecule has 0 N–H and O–H groups in total. The van der Waals surface area contributed by atoms with Crippen LogP contribution in [0.15, 0.2) is 53.4 Å². The molecule has 6 nitrogen and oxygen atoms in total. The van der Waals surface area contributed by atoms with Gasteiger partial charge in [-0.1, -0.05) is 18.2 Å². The van der Waals surface area contributed by atoms with E-state index in [1.54, 1.807) is 49.6 Å². The van der Waals surface area contributed by atoms with Crippen molar-refractivity contribution in [1.29, 1.82) is 5.26 Å². The number of piperidine rings is 1. The number of nitrogens with zero attached hydrogens (tertiary/aromatic N) is 3. The second kappa shape index (κ2) is 9.21. The maximum absolute atomic E-state index is 13.4. The van der Waals surface area contributed by atoms with Crippen molar-refractivity contribution >= 4 is 15.7 Å². The zero-order chi connectivity index (χ0) is 24.6. The number of alkyl halides is 3. The molecule has 2 saturated heterocycles. The van der Waals surface area contributed by atoms with Crippen LogP contribution in [0.25, 0.3) is 0 Å². The van der Waals surface area contributed by atoms with Crippen LogP contribution in [-0.4, -0.2) is 52.6 Å². The molecule has 0 aromatic heterocycles. The molecule has 0 aliphatic carbocycles. The number of anilines is 1. The highest BCUT2D eigenvalue weighted by Gasteiger charge is 2.51. The van der Waals surface area contributed by atoms with E-state index in [0.29, 0.717) is 51.3 Å². The van der Waals surface area contributed by atoms with Crippen molar-refractivity contribution in [2.24, 2.45) is 11.3 Å². The number of ether oxygens (including phenoxy) is 1. The zero-order valence-corrected chi connectivity index (χ0v) is 19.6. The Kier molecular flexibility index (Phi) is 6.64. The first-order valence-electron chi connectivity index (χ1n) is 11.0.